The fourth-order valence-corrected chi connectivity index (χ4v) is 4.37. The van der Waals surface area contributed by atoms with Crippen LogP contribution < -0.4 is 5.32 Å². The average molecular weight is 426 g/mol. The maximum Gasteiger partial charge on any atom is 0.254 e. The summed E-state index contributed by atoms with van der Waals surface area (Å²) in [6.07, 6.45) is 3.44. The van der Waals surface area contributed by atoms with Crippen LogP contribution in [0.2, 0.25) is 0 Å². The lowest BCUT2D eigenvalue weighted by Crippen LogP contribution is -2.42. The molecule has 5 nitrogen and oxygen atoms in total. The summed E-state index contributed by atoms with van der Waals surface area (Å²) in [7, 11) is 0. The Morgan fingerprint density at radius 2 is 1.70 bits per heavy atom. The van der Waals surface area contributed by atoms with Crippen LogP contribution in [0.25, 0.3) is 11.1 Å². The van der Waals surface area contributed by atoms with Gasteiger partial charge in [0.05, 0.1) is 0 Å². The van der Waals surface area contributed by atoms with Crippen LogP contribution in [-0.2, 0) is 6.42 Å². The van der Waals surface area contributed by atoms with Crippen molar-refractivity contribution in [2.45, 2.75) is 19.3 Å². The van der Waals surface area contributed by atoms with E-state index in [1.165, 1.54) is 12.8 Å². The van der Waals surface area contributed by atoms with Crippen molar-refractivity contribution in [2.24, 2.45) is 0 Å². The lowest BCUT2D eigenvalue weighted by molar-refractivity contribution is 0.0724. The summed E-state index contributed by atoms with van der Waals surface area (Å²) in [6, 6.07) is 13.6. The van der Waals surface area contributed by atoms with Crippen LogP contribution in [0.3, 0.4) is 0 Å². The third-order valence-corrected chi connectivity index (χ3v) is 6.21. The third kappa shape index (κ3) is 4.68. The molecule has 2 aliphatic rings. The highest BCUT2D eigenvalue weighted by Crippen LogP contribution is 2.27. The zero-order chi connectivity index (χ0) is 20.9. The second kappa shape index (κ2) is 9.63. The normalized spacial score (nSPS) is 16.6. The molecule has 6 heteroatoms. The molecule has 2 aromatic rings. The molecule has 0 atom stereocenters. The molecule has 2 heterocycles. The van der Waals surface area contributed by atoms with Crippen LogP contribution in [0, 0.1) is 0 Å². The smallest absolute Gasteiger partial charge is 0.254 e. The summed E-state index contributed by atoms with van der Waals surface area (Å²) in [5.74, 6) is 0.424. The highest BCUT2D eigenvalue weighted by atomic mass is 35.5. The van der Waals surface area contributed by atoms with Crippen molar-refractivity contribution in [3.63, 3.8) is 0 Å². The van der Waals surface area contributed by atoms with E-state index < -0.39 is 0 Å². The fourth-order valence-electron chi connectivity index (χ4n) is 4.27. The molecule has 1 fully saturated rings. The molecule has 0 aromatic heterocycles. The van der Waals surface area contributed by atoms with Crippen LogP contribution in [0.15, 0.2) is 42.5 Å². The molecule has 2 aliphatic heterocycles. The first-order valence-corrected chi connectivity index (χ1v) is 11.3. The predicted octanol–water partition coefficient (Wildman–Crippen LogP) is 3.42. The predicted molar refractivity (Wildman–Crippen MR) is 120 cm³/mol. The van der Waals surface area contributed by atoms with Crippen LogP contribution in [-0.4, -0.2) is 66.8 Å². The first-order chi connectivity index (χ1) is 14.7. The van der Waals surface area contributed by atoms with Crippen molar-refractivity contribution in [3.8, 4) is 11.1 Å². The van der Waals surface area contributed by atoms with E-state index in [1.54, 1.807) is 0 Å². The second-order valence-electron chi connectivity index (χ2n) is 7.99. The van der Waals surface area contributed by atoms with Gasteiger partial charge >= 0.3 is 0 Å². The van der Waals surface area contributed by atoms with Crippen molar-refractivity contribution >= 4 is 23.4 Å². The van der Waals surface area contributed by atoms with E-state index in [1.807, 2.05) is 41.3 Å². The molecule has 0 radical (unpaired) electrons. The largest absolute Gasteiger partial charge is 0.351 e. The summed E-state index contributed by atoms with van der Waals surface area (Å²) in [5, 5.41) is 2.77. The molecule has 0 unspecified atom stereocenters. The average Bonchev–Trinajstić information content (AvgIpc) is 3.30. The Hall–Kier alpha value is -2.37. The van der Waals surface area contributed by atoms with Crippen LogP contribution in [0.5, 0.6) is 0 Å². The van der Waals surface area contributed by atoms with Crippen molar-refractivity contribution in [1.29, 1.82) is 0 Å². The quantitative estimate of drug-likeness (QED) is 0.691. The number of nitrogens with one attached hydrogen (secondary N) is 1. The van der Waals surface area contributed by atoms with Gasteiger partial charge < -0.3 is 15.1 Å². The highest BCUT2D eigenvalue weighted by Gasteiger charge is 2.25. The summed E-state index contributed by atoms with van der Waals surface area (Å²) in [4.78, 5) is 29.4. The number of benzene rings is 2. The number of nitrogens with zero attached hydrogens (tertiary/aromatic N) is 2. The number of carbonyl (C=O) groups excluding carboxylic acids is 2. The van der Waals surface area contributed by atoms with Crippen LogP contribution >= 0.6 is 11.6 Å². The SMILES string of the molecule is O=C(NCCCl)c1ccc(-c2ccc3c(c2)CCN(CCN2CCCC2)C3=O)cc1. The number of hydrogen-bond acceptors (Lipinski definition) is 3. The molecular formula is C24H28ClN3O2. The topological polar surface area (TPSA) is 52.7 Å². The van der Waals surface area contributed by atoms with Crippen LogP contribution in [0.1, 0.15) is 39.1 Å². The number of likely N-dealkylation sites (tertiary alicyclic amines) is 1. The minimum Gasteiger partial charge on any atom is -0.351 e. The van der Waals surface area contributed by atoms with Gasteiger partial charge in [0.25, 0.3) is 11.8 Å². The monoisotopic (exact) mass is 425 g/mol. The van der Waals surface area contributed by atoms with Gasteiger partial charge in [-0.25, -0.2) is 0 Å². The van der Waals surface area contributed by atoms with Gasteiger partial charge in [0.15, 0.2) is 0 Å². The van der Waals surface area contributed by atoms with Crippen LogP contribution in [0.4, 0.5) is 0 Å². The number of halogens is 1. The molecular weight excluding hydrogens is 398 g/mol. The molecule has 4 rings (SSSR count). The highest BCUT2D eigenvalue weighted by molar-refractivity contribution is 6.18. The Kier molecular flexibility index (Phi) is 6.70. The molecule has 0 saturated carbocycles. The Bertz CT molecular complexity index is 907. The first-order valence-electron chi connectivity index (χ1n) is 10.7. The summed E-state index contributed by atoms with van der Waals surface area (Å²) < 4.78 is 0. The lowest BCUT2D eigenvalue weighted by Gasteiger charge is -2.30. The fraction of sp³-hybridized carbons (Fsp3) is 0.417. The molecule has 1 N–H and O–H groups in total. The first kappa shape index (κ1) is 20.9. The van der Waals surface area contributed by atoms with Crippen molar-refractivity contribution < 1.29 is 9.59 Å². The van der Waals surface area contributed by atoms with Gasteiger partial charge in [0.1, 0.15) is 0 Å². The second-order valence-corrected chi connectivity index (χ2v) is 8.36. The molecule has 2 amide bonds. The zero-order valence-corrected chi connectivity index (χ0v) is 18.0. The van der Waals surface area contributed by atoms with E-state index in [0.29, 0.717) is 18.0 Å². The maximum absolute atomic E-state index is 12.9. The van der Waals surface area contributed by atoms with E-state index in [9.17, 15) is 9.59 Å². The van der Waals surface area contributed by atoms with Gasteiger partial charge in [-0.05, 0) is 67.2 Å². The van der Waals surface area contributed by atoms with Crippen molar-refractivity contribution in [2.75, 3.05) is 45.1 Å². The standard InChI is InChI=1S/C24H28ClN3O2/c25-10-11-26-23(29)19-5-3-18(4-6-19)20-7-8-22-21(17-20)9-14-28(24(22)30)16-15-27-12-1-2-13-27/h3-8,17H,1-2,9-16H2,(H,26,29). The van der Waals surface area contributed by atoms with E-state index >= 15 is 0 Å². The van der Waals surface area contributed by atoms with E-state index in [4.69, 9.17) is 11.6 Å². The summed E-state index contributed by atoms with van der Waals surface area (Å²) >= 11 is 5.62. The number of rotatable bonds is 7. The lowest BCUT2D eigenvalue weighted by atomic mass is 9.93. The molecule has 0 bridgehead atoms. The maximum atomic E-state index is 12.9. The molecule has 2 aromatic carbocycles. The Labute approximate surface area is 183 Å². The van der Waals surface area contributed by atoms with E-state index in [0.717, 1.165) is 61.4 Å². The third-order valence-electron chi connectivity index (χ3n) is 6.02. The minimum atomic E-state index is -0.118. The number of alkyl halides is 1. The van der Waals surface area contributed by atoms with Gasteiger partial charge in [-0.15, -0.1) is 11.6 Å². The van der Waals surface area contributed by atoms with Gasteiger partial charge in [-0.1, -0.05) is 24.3 Å². The van der Waals surface area contributed by atoms with Crippen molar-refractivity contribution in [1.82, 2.24) is 15.1 Å². The Morgan fingerprint density at radius 3 is 2.43 bits per heavy atom. The number of carbonyl (C=O) groups is 2. The van der Waals surface area contributed by atoms with Gasteiger partial charge in [0.2, 0.25) is 0 Å². The van der Waals surface area contributed by atoms with E-state index in [-0.39, 0.29) is 11.8 Å². The molecule has 0 spiro atoms. The minimum absolute atomic E-state index is 0.118. The number of amides is 2. The Balaban J connectivity index is 1.43. The van der Waals surface area contributed by atoms with Gasteiger partial charge in [-0.2, -0.15) is 0 Å². The van der Waals surface area contributed by atoms with Crippen molar-refractivity contribution in [3.05, 3.63) is 59.2 Å². The van der Waals surface area contributed by atoms with Gasteiger partial charge in [-0.3, -0.25) is 9.59 Å². The molecule has 1 saturated heterocycles. The molecule has 30 heavy (non-hydrogen) atoms. The number of hydrogen-bond donors (Lipinski definition) is 1. The van der Waals surface area contributed by atoms with Gasteiger partial charge in [0, 0.05) is 43.2 Å². The summed E-state index contributed by atoms with van der Waals surface area (Å²) in [5.41, 5.74) is 4.66. The number of fused-ring (bicyclic) bond motifs is 1. The zero-order valence-electron chi connectivity index (χ0n) is 17.2. The molecule has 158 valence electrons. The molecule has 0 aliphatic carbocycles. The Morgan fingerprint density at radius 1 is 0.967 bits per heavy atom. The van der Waals surface area contributed by atoms with E-state index in [2.05, 4.69) is 16.3 Å². The summed E-state index contributed by atoms with van der Waals surface area (Å²) in [6.45, 7) is 5.35.